The minimum Gasteiger partial charge on any atom is -0.414 e. The summed E-state index contributed by atoms with van der Waals surface area (Å²) in [5, 5.41) is 3.73. The normalized spacial score (nSPS) is 23.7. The Morgan fingerprint density at radius 3 is 2.81 bits per heavy atom. The van der Waals surface area contributed by atoms with E-state index in [1.807, 2.05) is 0 Å². The third-order valence-electron chi connectivity index (χ3n) is 5.01. The van der Waals surface area contributed by atoms with Gasteiger partial charge in [-0.05, 0) is 30.1 Å². The summed E-state index contributed by atoms with van der Waals surface area (Å²) in [5.74, 6) is -1.32. The lowest BCUT2D eigenvalue weighted by atomic mass is 10.2. The van der Waals surface area contributed by atoms with E-state index in [2.05, 4.69) is 48.9 Å². The fourth-order valence-corrected chi connectivity index (χ4v) is 3.45. The first-order valence-electron chi connectivity index (χ1n) is 8.34. The SMILES string of the molecule is CC(C)(C)[Si](C)(C)OC[C@H]1C[C@H](N=[N+]=[N-])[C@@H](n2cc(F)c(N)nc2=O)O1. The van der Waals surface area contributed by atoms with Gasteiger partial charge in [-0.15, -0.1) is 0 Å². The Morgan fingerprint density at radius 1 is 1.58 bits per heavy atom. The first-order chi connectivity index (χ1) is 12.0. The third-order valence-corrected chi connectivity index (χ3v) is 9.51. The number of halogens is 1. The molecule has 0 aliphatic carbocycles. The molecule has 144 valence electrons. The van der Waals surface area contributed by atoms with Gasteiger partial charge in [0.1, 0.15) is 6.23 Å². The van der Waals surface area contributed by atoms with Gasteiger partial charge in [0, 0.05) is 4.91 Å². The van der Waals surface area contributed by atoms with Crippen LogP contribution >= 0.6 is 0 Å². The van der Waals surface area contributed by atoms with Gasteiger partial charge >= 0.3 is 5.69 Å². The number of aromatic nitrogens is 2. The van der Waals surface area contributed by atoms with Crippen molar-refractivity contribution in [1.82, 2.24) is 9.55 Å². The number of nitrogen functional groups attached to an aromatic ring is 1. The summed E-state index contributed by atoms with van der Waals surface area (Å²) in [6, 6.07) is -0.671. The maximum absolute atomic E-state index is 13.7. The monoisotopic (exact) mass is 384 g/mol. The van der Waals surface area contributed by atoms with Crippen molar-refractivity contribution >= 4 is 14.1 Å². The summed E-state index contributed by atoms with van der Waals surface area (Å²) in [6.45, 7) is 10.9. The minimum absolute atomic E-state index is 0.0379. The van der Waals surface area contributed by atoms with Gasteiger partial charge in [0.25, 0.3) is 0 Å². The van der Waals surface area contributed by atoms with Gasteiger partial charge in [-0.1, -0.05) is 25.9 Å². The predicted molar refractivity (Wildman–Crippen MR) is 97.5 cm³/mol. The molecule has 9 nitrogen and oxygen atoms in total. The molecule has 2 rings (SSSR count). The molecule has 1 aromatic rings. The molecule has 0 bridgehead atoms. The zero-order valence-corrected chi connectivity index (χ0v) is 16.6. The van der Waals surface area contributed by atoms with Crippen LogP contribution in [0.25, 0.3) is 10.4 Å². The van der Waals surface area contributed by atoms with Gasteiger partial charge in [-0.2, -0.15) is 4.98 Å². The smallest absolute Gasteiger partial charge is 0.351 e. The van der Waals surface area contributed by atoms with Crippen LogP contribution in [0.5, 0.6) is 0 Å². The van der Waals surface area contributed by atoms with E-state index in [9.17, 15) is 9.18 Å². The molecule has 0 radical (unpaired) electrons. The molecule has 1 fully saturated rings. The first-order valence-corrected chi connectivity index (χ1v) is 11.2. The van der Waals surface area contributed by atoms with Crippen molar-refractivity contribution in [1.29, 1.82) is 0 Å². The van der Waals surface area contributed by atoms with Crippen molar-refractivity contribution in [2.75, 3.05) is 12.3 Å². The second kappa shape index (κ2) is 7.35. The summed E-state index contributed by atoms with van der Waals surface area (Å²) in [4.78, 5) is 18.3. The van der Waals surface area contributed by atoms with E-state index in [4.69, 9.17) is 20.4 Å². The van der Waals surface area contributed by atoms with Crippen LogP contribution in [-0.2, 0) is 9.16 Å². The molecule has 0 unspecified atom stereocenters. The predicted octanol–water partition coefficient (Wildman–Crippen LogP) is 2.95. The Hall–Kier alpha value is -1.94. The number of hydrogen-bond acceptors (Lipinski definition) is 6. The highest BCUT2D eigenvalue weighted by Gasteiger charge is 2.41. The number of hydrogen-bond donors (Lipinski definition) is 1. The lowest BCUT2D eigenvalue weighted by Crippen LogP contribution is -2.42. The largest absolute Gasteiger partial charge is 0.414 e. The van der Waals surface area contributed by atoms with Gasteiger partial charge in [0.15, 0.2) is 20.0 Å². The van der Waals surface area contributed by atoms with E-state index >= 15 is 0 Å². The first kappa shape index (κ1) is 20.4. The zero-order valence-electron chi connectivity index (χ0n) is 15.6. The van der Waals surface area contributed by atoms with Gasteiger partial charge < -0.3 is 14.9 Å². The molecule has 3 atom stereocenters. The number of rotatable bonds is 5. The molecular weight excluding hydrogens is 359 g/mol. The molecule has 0 amide bonds. The summed E-state index contributed by atoms with van der Waals surface area (Å²) >= 11 is 0. The molecular formula is C15H25FN6O3Si. The summed E-state index contributed by atoms with van der Waals surface area (Å²) in [7, 11) is -1.98. The second-order valence-corrected chi connectivity index (χ2v) is 12.7. The number of ether oxygens (including phenoxy) is 1. The average Bonchev–Trinajstić information content (AvgIpc) is 2.91. The Kier molecular flexibility index (Phi) is 5.76. The number of anilines is 1. The number of nitrogens with two attached hydrogens (primary N) is 1. The maximum Gasteiger partial charge on any atom is 0.351 e. The molecule has 1 saturated heterocycles. The molecule has 0 spiro atoms. The molecule has 2 heterocycles. The molecule has 1 aliphatic heterocycles. The third kappa shape index (κ3) is 4.23. The van der Waals surface area contributed by atoms with Crippen LogP contribution in [0.3, 0.4) is 0 Å². The average molecular weight is 384 g/mol. The van der Waals surface area contributed by atoms with Crippen molar-refractivity contribution in [3.05, 3.63) is 32.9 Å². The van der Waals surface area contributed by atoms with Crippen LogP contribution in [-0.4, -0.2) is 36.6 Å². The van der Waals surface area contributed by atoms with Gasteiger partial charge in [0.2, 0.25) is 0 Å². The van der Waals surface area contributed by atoms with Crippen LogP contribution in [0.15, 0.2) is 16.1 Å². The number of nitrogens with zero attached hydrogens (tertiary/aromatic N) is 5. The standard InChI is InChI=1S/C15H25FN6O3Si/c1-15(2,3)26(4,5)24-8-9-6-11(20-21-18)13(25-9)22-7-10(16)12(17)19-14(22)23/h7,9,11,13H,6,8H2,1-5H3,(H2,17,19,23)/t9-,11+,13+/m1/s1. The zero-order chi connectivity index (χ0) is 19.7. The molecule has 1 aliphatic rings. The van der Waals surface area contributed by atoms with Gasteiger partial charge in [0.05, 0.1) is 24.9 Å². The van der Waals surface area contributed by atoms with Gasteiger partial charge in [-0.3, -0.25) is 4.57 Å². The fraction of sp³-hybridized carbons (Fsp3) is 0.733. The highest BCUT2D eigenvalue weighted by Crippen LogP contribution is 2.38. The molecule has 1 aromatic heterocycles. The Balaban J connectivity index is 2.20. The highest BCUT2D eigenvalue weighted by atomic mass is 28.4. The van der Waals surface area contributed by atoms with Crippen LogP contribution in [0.2, 0.25) is 18.1 Å². The quantitative estimate of drug-likeness (QED) is 0.361. The van der Waals surface area contributed by atoms with E-state index in [-0.39, 0.29) is 11.1 Å². The Morgan fingerprint density at radius 2 is 2.23 bits per heavy atom. The topological polar surface area (TPSA) is 128 Å². The Labute approximate surface area is 152 Å². The lowest BCUT2D eigenvalue weighted by Gasteiger charge is -2.36. The summed E-state index contributed by atoms with van der Waals surface area (Å²) < 4.78 is 26.7. The van der Waals surface area contributed by atoms with Crippen LogP contribution in [0.1, 0.15) is 33.4 Å². The molecule has 0 aromatic carbocycles. The van der Waals surface area contributed by atoms with E-state index in [0.717, 1.165) is 10.8 Å². The molecule has 2 N–H and O–H groups in total. The lowest BCUT2D eigenvalue weighted by molar-refractivity contribution is -0.0259. The van der Waals surface area contributed by atoms with Crippen LogP contribution in [0.4, 0.5) is 10.2 Å². The number of azide groups is 1. The van der Waals surface area contributed by atoms with Crippen molar-refractivity contribution in [2.45, 2.75) is 63.7 Å². The maximum atomic E-state index is 13.7. The van der Waals surface area contributed by atoms with E-state index in [1.54, 1.807) is 0 Å². The van der Waals surface area contributed by atoms with Crippen molar-refractivity contribution in [3.63, 3.8) is 0 Å². The molecule has 26 heavy (non-hydrogen) atoms. The summed E-state index contributed by atoms with van der Waals surface area (Å²) in [5.41, 5.74) is 13.3. The van der Waals surface area contributed by atoms with Gasteiger partial charge in [-0.25, -0.2) is 9.18 Å². The highest BCUT2D eigenvalue weighted by molar-refractivity contribution is 6.74. The minimum atomic E-state index is -1.98. The molecule has 0 saturated carbocycles. The fourth-order valence-electron chi connectivity index (χ4n) is 2.42. The van der Waals surface area contributed by atoms with E-state index < -0.39 is 37.9 Å². The van der Waals surface area contributed by atoms with E-state index in [1.165, 1.54) is 0 Å². The van der Waals surface area contributed by atoms with Crippen molar-refractivity contribution < 1.29 is 13.6 Å². The van der Waals surface area contributed by atoms with E-state index in [0.29, 0.717) is 13.0 Å². The van der Waals surface area contributed by atoms with Crippen molar-refractivity contribution in [3.8, 4) is 0 Å². The summed E-state index contributed by atoms with van der Waals surface area (Å²) in [6.07, 6.45) is -0.0418. The van der Waals surface area contributed by atoms with Crippen LogP contribution < -0.4 is 11.4 Å². The second-order valence-electron chi connectivity index (χ2n) is 7.89. The van der Waals surface area contributed by atoms with Crippen molar-refractivity contribution in [2.24, 2.45) is 5.11 Å². The van der Waals surface area contributed by atoms with Crippen LogP contribution in [0, 0.1) is 5.82 Å². The Bertz CT molecular complexity index is 772. The molecule has 11 heteroatoms.